The number of thioether (sulfide) groups is 2. The second kappa shape index (κ2) is 35.2. The summed E-state index contributed by atoms with van der Waals surface area (Å²) in [5.41, 5.74) is -2.34. The molecule has 6 N–H and O–H groups in total. The normalized spacial score (nSPS) is 28.4. The molecule has 6 fully saturated rings. The molecule has 2 saturated heterocycles. The van der Waals surface area contributed by atoms with Gasteiger partial charge in [-0.2, -0.15) is 0 Å². The number of fused-ring (bicyclic) bond motifs is 4. The zero-order valence-electron chi connectivity index (χ0n) is 69.6. The summed E-state index contributed by atoms with van der Waals surface area (Å²) < 4.78 is 124. The van der Waals surface area contributed by atoms with Crippen LogP contribution < -0.4 is 30.7 Å². The van der Waals surface area contributed by atoms with Gasteiger partial charge in [-0.25, -0.2) is 44.0 Å². The van der Waals surface area contributed by atoms with Crippen molar-refractivity contribution >= 4 is 91.2 Å². The largest absolute Gasteiger partial charge is 0.444 e. The van der Waals surface area contributed by atoms with E-state index in [0.29, 0.717) is 62.9 Å². The minimum Gasteiger partial charge on any atom is -0.444 e. The zero-order valence-corrected chi connectivity index (χ0v) is 72.9. The van der Waals surface area contributed by atoms with Crippen LogP contribution in [0, 0.1) is 22.7 Å². The highest BCUT2D eigenvalue weighted by Gasteiger charge is 2.70. The van der Waals surface area contributed by atoms with Crippen molar-refractivity contribution in [1.29, 1.82) is 0 Å². The lowest BCUT2D eigenvalue weighted by atomic mass is 9.85. The Morgan fingerprint density at radius 3 is 1.08 bits per heavy atom. The molecule has 8 aliphatic rings. The number of likely N-dealkylation sites (tertiary alicyclic amines) is 2. The quantitative estimate of drug-likeness (QED) is 0.0635. The lowest BCUT2D eigenvalue weighted by Crippen LogP contribution is -2.60. The lowest BCUT2D eigenvalue weighted by molar-refractivity contribution is -0.143. The molecule has 4 heterocycles. The van der Waals surface area contributed by atoms with Crippen LogP contribution in [0.3, 0.4) is 0 Å². The van der Waals surface area contributed by atoms with Gasteiger partial charge < -0.3 is 40.5 Å². The van der Waals surface area contributed by atoms with E-state index in [0.717, 1.165) is 71.9 Å². The number of hydrogen-bond donors (Lipinski definition) is 6. The molecule has 12 rings (SSSR count). The predicted molar refractivity (Wildman–Crippen MR) is 450 cm³/mol. The van der Waals surface area contributed by atoms with Crippen molar-refractivity contribution in [3.05, 3.63) is 145 Å². The number of ether oxygens (including phenoxy) is 2. The first-order valence-corrected chi connectivity index (χ1v) is 46.0. The van der Waals surface area contributed by atoms with Gasteiger partial charge >= 0.3 is 12.2 Å². The van der Waals surface area contributed by atoms with Gasteiger partial charge in [0.2, 0.25) is 56.5 Å². The number of hydrogen-bond acceptors (Lipinski definition) is 16. The second-order valence-electron chi connectivity index (χ2n) is 37.3. The third kappa shape index (κ3) is 20.8. The number of nitrogens with zero attached hydrogens (tertiary/aromatic N) is 2. The summed E-state index contributed by atoms with van der Waals surface area (Å²) in [7, 11) is -8.53. The van der Waals surface area contributed by atoms with Gasteiger partial charge in [-0.1, -0.05) is 201 Å². The van der Waals surface area contributed by atoms with Crippen LogP contribution in [0.2, 0.25) is 0 Å². The van der Waals surface area contributed by atoms with Crippen molar-refractivity contribution in [2.75, 3.05) is 24.6 Å². The molecule has 10 atom stereocenters. The molecule has 4 saturated carbocycles. The average molecular weight is 1710 g/mol. The highest BCUT2D eigenvalue weighted by molar-refractivity contribution is 8.00. The van der Waals surface area contributed by atoms with Crippen LogP contribution >= 0.6 is 23.5 Å². The maximum Gasteiger partial charge on any atom is 0.408 e. The van der Waals surface area contributed by atoms with Gasteiger partial charge in [0.1, 0.15) is 46.4 Å². The summed E-state index contributed by atoms with van der Waals surface area (Å²) in [4.78, 5) is 117. The fraction of sp³-hybridized carbons (Fsp3) is 0.591. The Labute approximate surface area is 700 Å². The Kier molecular flexibility index (Phi) is 27.1. The molecule has 644 valence electrons. The number of nitrogens with one attached hydrogen (secondary N) is 6. The highest BCUT2D eigenvalue weighted by Crippen LogP contribution is 2.56. The average Bonchev–Trinajstić information content (AvgIpc) is 1.55. The number of amides is 8. The van der Waals surface area contributed by atoms with Crippen molar-refractivity contribution < 1.29 is 82.2 Å². The van der Waals surface area contributed by atoms with Crippen LogP contribution in [0.15, 0.2) is 133 Å². The molecule has 4 aromatic rings. The number of alkyl carbamates (subject to hydrolysis) is 2. The van der Waals surface area contributed by atoms with Gasteiger partial charge in [0, 0.05) is 24.6 Å². The number of halogens is 4. The molecule has 0 unspecified atom stereocenters. The summed E-state index contributed by atoms with van der Waals surface area (Å²) in [5.74, 6) is -7.54. The summed E-state index contributed by atoms with van der Waals surface area (Å²) in [6, 6.07) is 30.5. The van der Waals surface area contributed by atoms with E-state index in [1.807, 2.05) is 109 Å². The minimum absolute atomic E-state index is 0.00403. The standard InChI is InChI=1S/2C44H58F2N4O7S2/c2*1-40(2,3)34(47-39(54)57-41(4,5)6)37(52)50-28-43(31-20-18-30(19-21-31)29-16-12-11-13-17-29)27-33(50)36(51)48-44(26-32(44)35(45)46)38(53)49-59(55,56)42(23-24-42)22-14-9-7-8-10-15-25-58-43/h2*10-13,15-21,32-35H,7-9,14,22-28H2,1-6H3,(H,47,54)(H,48,51)(H,49,53)/b15-10+;15-10-/t2*32-,33-,34+,43-,44+/m00/s1. The molecule has 118 heavy (non-hydrogen) atoms. The van der Waals surface area contributed by atoms with Crippen LogP contribution in [-0.2, 0) is 67.8 Å². The summed E-state index contributed by atoms with van der Waals surface area (Å²) >= 11 is 3.11. The van der Waals surface area contributed by atoms with Crippen LogP contribution in [0.4, 0.5) is 27.2 Å². The molecule has 0 radical (unpaired) electrons. The van der Waals surface area contributed by atoms with Crippen LogP contribution in [0.5, 0.6) is 0 Å². The second-order valence-corrected chi connectivity index (χ2v) is 44.3. The molecule has 30 heteroatoms. The Morgan fingerprint density at radius 2 is 0.780 bits per heavy atom. The zero-order chi connectivity index (χ0) is 86.0. The van der Waals surface area contributed by atoms with Gasteiger partial charge in [-0.3, -0.25) is 38.2 Å². The number of benzene rings is 4. The first kappa shape index (κ1) is 90.8. The Balaban J connectivity index is 0.000000231. The monoisotopic (exact) mass is 1710 g/mol. The predicted octanol–water partition coefficient (Wildman–Crippen LogP) is 14.9. The number of rotatable bonds is 10. The molecule has 4 aliphatic carbocycles. The Hall–Kier alpha value is -7.96. The minimum atomic E-state index is -4.27. The van der Waals surface area contributed by atoms with E-state index in [1.54, 1.807) is 107 Å². The van der Waals surface area contributed by atoms with E-state index >= 15 is 0 Å². The molecular weight excluding hydrogens is 1600 g/mol. The third-order valence-electron chi connectivity index (χ3n) is 24.0. The van der Waals surface area contributed by atoms with Gasteiger partial charge in [-0.15, -0.1) is 23.5 Å². The molecule has 8 amide bonds. The van der Waals surface area contributed by atoms with Crippen molar-refractivity contribution in [3.63, 3.8) is 0 Å². The third-order valence-corrected chi connectivity index (χ3v) is 31.3. The highest BCUT2D eigenvalue weighted by atomic mass is 32.2. The van der Waals surface area contributed by atoms with Gasteiger partial charge in [0.05, 0.1) is 30.8 Å². The summed E-state index contributed by atoms with van der Waals surface area (Å²) in [5, 5.41) is 10.6. The fourth-order valence-electron chi connectivity index (χ4n) is 16.6. The van der Waals surface area contributed by atoms with Crippen LogP contribution in [0.1, 0.15) is 210 Å². The van der Waals surface area contributed by atoms with E-state index in [4.69, 9.17) is 9.47 Å². The molecular formula is C88H116F4N8O14S4. The lowest BCUT2D eigenvalue weighted by Gasteiger charge is -2.36. The maximum atomic E-state index is 15.0. The van der Waals surface area contributed by atoms with Gasteiger partial charge in [-0.05, 0) is 176 Å². The first-order valence-electron chi connectivity index (χ1n) is 41.1. The van der Waals surface area contributed by atoms with Gasteiger partial charge in [0.25, 0.3) is 11.8 Å². The van der Waals surface area contributed by atoms with E-state index in [1.165, 1.54) is 9.80 Å². The first-order chi connectivity index (χ1) is 55.2. The molecule has 4 spiro atoms. The summed E-state index contributed by atoms with van der Waals surface area (Å²) in [6.07, 6.45) is 7.79. The number of carbonyl (C=O) groups is 8. The molecule has 4 bridgehead atoms. The van der Waals surface area contributed by atoms with E-state index < -0.39 is 181 Å². The smallest absolute Gasteiger partial charge is 0.408 e. The van der Waals surface area contributed by atoms with Crippen LogP contribution in [0.25, 0.3) is 22.3 Å². The topological polar surface area (TPSA) is 302 Å². The maximum absolute atomic E-state index is 15.0. The van der Waals surface area contributed by atoms with E-state index in [-0.39, 0.29) is 25.9 Å². The number of sulfonamides is 2. The molecule has 4 aromatic carbocycles. The van der Waals surface area contributed by atoms with Gasteiger partial charge in [0.15, 0.2) is 0 Å². The van der Waals surface area contributed by atoms with Crippen LogP contribution in [-0.4, -0.2) is 168 Å². The Morgan fingerprint density at radius 1 is 0.449 bits per heavy atom. The van der Waals surface area contributed by atoms with Crippen molar-refractivity contribution in [3.8, 4) is 22.3 Å². The molecule has 22 nitrogen and oxygen atoms in total. The number of alkyl halides is 4. The van der Waals surface area contributed by atoms with Crippen molar-refractivity contribution in [2.24, 2.45) is 22.7 Å². The Bertz CT molecular complexity index is 4350. The molecule has 0 aromatic heterocycles. The number of allylic oxidation sites excluding steroid dienone is 2. The summed E-state index contributed by atoms with van der Waals surface area (Å²) in [6.45, 7) is 20.8. The van der Waals surface area contributed by atoms with Crippen molar-refractivity contribution in [2.45, 2.75) is 277 Å². The van der Waals surface area contributed by atoms with E-state index in [2.05, 4.69) is 55.0 Å². The fourth-order valence-corrected chi connectivity index (χ4v) is 22.8. The van der Waals surface area contributed by atoms with Crippen molar-refractivity contribution in [1.82, 2.24) is 40.5 Å². The number of carbonyl (C=O) groups excluding carboxylic acids is 8. The van der Waals surface area contributed by atoms with E-state index in [9.17, 15) is 72.8 Å². The SMILES string of the molecule is CC(C)(C)OC(=O)N[C@H](C(=O)N1C[C@]2(c3ccc(-c4ccccc4)cc3)C[C@H]1C(=O)N[C@@]1(C[C@H]1C(F)F)C(=O)NS(=O)(=O)C1(CCCCC/C=C/CS2)CC1)C(C)(C)C.CC(C)(C)OC(=O)N[C@H](C(=O)N1C[C@]2(c3ccc(-c4ccccc4)cc3)C[C@H]1C(=O)N[C@@]1(C[C@H]1C(F)F)C(=O)NS(=O)(=O)C1(CCCCC/C=C\CS2)CC1)C(C)(C)C. The molecule has 4 aliphatic heterocycles.